The van der Waals surface area contributed by atoms with Crippen molar-refractivity contribution in [2.45, 2.75) is 52.1 Å². The highest BCUT2D eigenvalue weighted by Gasteiger charge is 2.36. The fourth-order valence-electron chi connectivity index (χ4n) is 3.82. The van der Waals surface area contributed by atoms with Crippen LogP contribution in [0.3, 0.4) is 0 Å². The molecule has 5 heteroatoms. The largest absolute Gasteiger partial charge is 0.346 e. The van der Waals surface area contributed by atoms with E-state index in [2.05, 4.69) is 17.6 Å². The van der Waals surface area contributed by atoms with Gasteiger partial charge < -0.3 is 4.57 Å². The monoisotopic (exact) mass is 332 g/mol. The van der Waals surface area contributed by atoms with Gasteiger partial charge in [-0.15, -0.1) is 0 Å². The van der Waals surface area contributed by atoms with Gasteiger partial charge in [-0.25, -0.2) is 8.42 Å². The van der Waals surface area contributed by atoms with Gasteiger partial charge in [0.05, 0.1) is 10.9 Å². The van der Waals surface area contributed by atoms with Crippen molar-refractivity contribution >= 4 is 10.0 Å². The lowest BCUT2D eigenvalue weighted by atomic mass is 10.1. The van der Waals surface area contributed by atoms with E-state index in [9.17, 15) is 8.42 Å². The van der Waals surface area contributed by atoms with Crippen LogP contribution in [0.15, 0.2) is 29.2 Å². The fourth-order valence-corrected chi connectivity index (χ4v) is 5.83. The highest BCUT2D eigenvalue weighted by atomic mass is 32.2. The standard InChI is InChI=1S/C18H24N2O2S/c1-12-10-13(2)18(14(3)11-12)23(21,22)20-9-8-19-15(4)6-7-17(19)16(20)5/h6-7,10-11,16H,8-9H2,1-5H3/t16-/m0/s1. The Morgan fingerprint density at radius 2 is 1.61 bits per heavy atom. The quantitative estimate of drug-likeness (QED) is 0.845. The Kier molecular flexibility index (Phi) is 3.89. The van der Waals surface area contributed by atoms with Crippen LogP contribution in [-0.2, 0) is 16.6 Å². The molecule has 1 atom stereocenters. The van der Waals surface area contributed by atoms with Crippen LogP contribution in [0.1, 0.15) is 41.0 Å². The minimum absolute atomic E-state index is 0.150. The second kappa shape index (κ2) is 5.49. The minimum Gasteiger partial charge on any atom is -0.346 e. The SMILES string of the molecule is Cc1cc(C)c(S(=O)(=O)N2CCn3c(C)ccc3[C@@H]2C)c(C)c1. The minimum atomic E-state index is -3.50. The van der Waals surface area contributed by atoms with Crippen LogP contribution in [0.2, 0.25) is 0 Å². The van der Waals surface area contributed by atoms with Gasteiger partial charge in [0, 0.05) is 24.5 Å². The molecule has 4 nitrogen and oxygen atoms in total. The molecule has 3 rings (SSSR count). The molecule has 23 heavy (non-hydrogen) atoms. The number of fused-ring (bicyclic) bond motifs is 1. The van der Waals surface area contributed by atoms with Gasteiger partial charge in [-0.05, 0) is 57.9 Å². The van der Waals surface area contributed by atoms with Crippen LogP contribution >= 0.6 is 0 Å². The summed E-state index contributed by atoms with van der Waals surface area (Å²) in [7, 11) is -3.50. The molecule has 0 saturated heterocycles. The highest BCUT2D eigenvalue weighted by Crippen LogP contribution is 2.34. The molecule has 1 aromatic carbocycles. The molecule has 124 valence electrons. The van der Waals surface area contributed by atoms with Crippen molar-refractivity contribution in [1.29, 1.82) is 0 Å². The van der Waals surface area contributed by atoms with Gasteiger partial charge in [0.15, 0.2) is 0 Å². The topological polar surface area (TPSA) is 42.3 Å². The number of hydrogen-bond acceptors (Lipinski definition) is 2. The van der Waals surface area contributed by atoms with Gasteiger partial charge in [-0.1, -0.05) is 17.7 Å². The lowest BCUT2D eigenvalue weighted by molar-refractivity contribution is 0.280. The Labute approximate surface area is 138 Å². The number of hydrogen-bond donors (Lipinski definition) is 0. The first kappa shape index (κ1) is 16.3. The summed E-state index contributed by atoms with van der Waals surface area (Å²) in [4.78, 5) is 0.465. The maximum Gasteiger partial charge on any atom is 0.244 e. The summed E-state index contributed by atoms with van der Waals surface area (Å²) < 4.78 is 30.4. The van der Waals surface area contributed by atoms with E-state index in [0.29, 0.717) is 18.0 Å². The number of aromatic nitrogens is 1. The third-order valence-electron chi connectivity index (χ3n) is 4.81. The zero-order valence-corrected chi connectivity index (χ0v) is 15.2. The van der Waals surface area contributed by atoms with Crippen molar-refractivity contribution in [3.63, 3.8) is 0 Å². The van der Waals surface area contributed by atoms with Crippen molar-refractivity contribution in [1.82, 2.24) is 8.87 Å². The van der Waals surface area contributed by atoms with Crippen molar-refractivity contribution < 1.29 is 8.42 Å². The summed E-state index contributed by atoms with van der Waals surface area (Å²) in [5.74, 6) is 0. The zero-order chi connectivity index (χ0) is 16.9. The van der Waals surface area contributed by atoms with E-state index in [-0.39, 0.29) is 6.04 Å². The van der Waals surface area contributed by atoms with Gasteiger partial charge in [0.1, 0.15) is 0 Å². The third-order valence-corrected chi connectivity index (χ3v) is 7.08. The molecule has 0 radical (unpaired) electrons. The summed E-state index contributed by atoms with van der Waals surface area (Å²) in [6.07, 6.45) is 0. The van der Waals surface area contributed by atoms with E-state index < -0.39 is 10.0 Å². The molecule has 0 spiro atoms. The average Bonchev–Trinajstić information content (AvgIpc) is 2.80. The number of benzene rings is 1. The fraction of sp³-hybridized carbons (Fsp3) is 0.444. The van der Waals surface area contributed by atoms with Crippen LogP contribution < -0.4 is 0 Å². The number of rotatable bonds is 2. The summed E-state index contributed by atoms with van der Waals surface area (Å²) in [5.41, 5.74) is 5.00. The second-order valence-electron chi connectivity index (χ2n) is 6.57. The molecular formula is C18H24N2O2S. The first-order valence-electron chi connectivity index (χ1n) is 7.99. The van der Waals surface area contributed by atoms with E-state index >= 15 is 0 Å². The molecule has 1 aromatic heterocycles. The van der Waals surface area contributed by atoms with Crippen molar-refractivity contribution in [3.8, 4) is 0 Å². The molecule has 0 aliphatic carbocycles. The molecule has 0 unspecified atom stereocenters. The molecule has 0 bridgehead atoms. The van der Waals surface area contributed by atoms with Gasteiger partial charge in [-0.3, -0.25) is 0 Å². The maximum atomic E-state index is 13.3. The van der Waals surface area contributed by atoms with Crippen LogP contribution in [0.25, 0.3) is 0 Å². The molecule has 1 aliphatic heterocycles. The Morgan fingerprint density at radius 3 is 2.22 bits per heavy atom. The normalized spacial score (nSPS) is 18.9. The van der Waals surface area contributed by atoms with Crippen molar-refractivity contribution in [2.24, 2.45) is 0 Å². The molecule has 0 fully saturated rings. The van der Waals surface area contributed by atoms with E-state index in [0.717, 1.165) is 22.4 Å². The predicted octanol–water partition coefficient (Wildman–Crippen LogP) is 3.49. The Morgan fingerprint density at radius 1 is 1.00 bits per heavy atom. The number of nitrogens with zero attached hydrogens (tertiary/aromatic N) is 2. The van der Waals surface area contributed by atoms with E-state index in [1.165, 1.54) is 5.69 Å². The van der Waals surface area contributed by atoms with Crippen LogP contribution in [0.4, 0.5) is 0 Å². The molecule has 2 heterocycles. The summed E-state index contributed by atoms with van der Waals surface area (Å²) in [6.45, 7) is 11.0. The molecule has 0 amide bonds. The van der Waals surface area contributed by atoms with Gasteiger partial charge in [-0.2, -0.15) is 4.31 Å². The predicted molar refractivity (Wildman–Crippen MR) is 92.1 cm³/mol. The van der Waals surface area contributed by atoms with Crippen molar-refractivity contribution in [3.05, 3.63) is 52.3 Å². The highest BCUT2D eigenvalue weighted by molar-refractivity contribution is 7.89. The lowest BCUT2D eigenvalue weighted by Gasteiger charge is -2.35. The van der Waals surface area contributed by atoms with Crippen molar-refractivity contribution in [2.75, 3.05) is 6.54 Å². The molecule has 0 N–H and O–H groups in total. The smallest absolute Gasteiger partial charge is 0.244 e. The molecular weight excluding hydrogens is 308 g/mol. The van der Waals surface area contributed by atoms with Gasteiger partial charge >= 0.3 is 0 Å². The lowest BCUT2D eigenvalue weighted by Crippen LogP contribution is -2.41. The van der Waals surface area contributed by atoms with E-state index in [4.69, 9.17) is 0 Å². The summed E-state index contributed by atoms with van der Waals surface area (Å²) in [5, 5.41) is 0. The summed E-state index contributed by atoms with van der Waals surface area (Å²) >= 11 is 0. The Hall–Kier alpha value is -1.59. The van der Waals surface area contributed by atoms with Crippen LogP contribution in [0.5, 0.6) is 0 Å². The Bertz CT molecular complexity index is 842. The molecule has 2 aromatic rings. The van der Waals surface area contributed by atoms with Crippen LogP contribution in [0, 0.1) is 27.7 Å². The zero-order valence-electron chi connectivity index (χ0n) is 14.4. The Balaban J connectivity index is 2.08. The second-order valence-corrected chi connectivity index (χ2v) is 8.40. The molecule has 1 aliphatic rings. The van der Waals surface area contributed by atoms with E-state index in [1.54, 1.807) is 4.31 Å². The third kappa shape index (κ3) is 2.52. The average molecular weight is 332 g/mol. The van der Waals surface area contributed by atoms with Gasteiger partial charge in [0.25, 0.3) is 0 Å². The molecule has 0 saturated carbocycles. The van der Waals surface area contributed by atoms with Gasteiger partial charge in [0.2, 0.25) is 10.0 Å². The number of aryl methyl sites for hydroxylation is 4. The number of sulfonamides is 1. The first-order valence-corrected chi connectivity index (χ1v) is 9.43. The van der Waals surface area contributed by atoms with E-state index in [1.807, 2.05) is 45.9 Å². The first-order chi connectivity index (χ1) is 10.7. The van der Waals surface area contributed by atoms with Crippen LogP contribution in [-0.4, -0.2) is 23.8 Å². The maximum absolute atomic E-state index is 13.3. The summed E-state index contributed by atoms with van der Waals surface area (Å²) in [6, 6.07) is 7.84.